The molecular formula is C10H18N4O2S. The molecule has 3 N–H and O–H groups in total. The Morgan fingerprint density at radius 3 is 2.35 bits per heavy atom. The zero-order chi connectivity index (χ0) is 12.9. The number of sulfonamides is 1. The molecule has 6 nitrogen and oxygen atoms in total. The van der Waals surface area contributed by atoms with E-state index < -0.39 is 10.0 Å². The Balaban J connectivity index is 2.69. The Kier molecular flexibility index (Phi) is 4.83. The highest BCUT2D eigenvalue weighted by Gasteiger charge is 2.12. The highest BCUT2D eigenvalue weighted by Crippen LogP contribution is 2.07. The number of nitrogens with zero attached hydrogens (tertiary/aromatic N) is 2. The summed E-state index contributed by atoms with van der Waals surface area (Å²) >= 11 is 0. The minimum Gasteiger partial charge on any atom is -0.330 e. The third-order valence-corrected chi connectivity index (χ3v) is 3.42. The van der Waals surface area contributed by atoms with Gasteiger partial charge in [0, 0.05) is 11.4 Å². The van der Waals surface area contributed by atoms with E-state index in [0.717, 1.165) is 11.4 Å². The lowest BCUT2D eigenvalue weighted by molar-refractivity contribution is 0.596. The Morgan fingerprint density at radius 1 is 1.24 bits per heavy atom. The van der Waals surface area contributed by atoms with Crippen LogP contribution < -0.4 is 10.5 Å². The van der Waals surface area contributed by atoms with E-state index in [0.29, 0.717) is 19.4 Å². The van der Waals surface area contributed by atoms with Crippen LogP contribution in [0.3, 0.4) is 0 Å². The lowest BCUT2D eigenvalue weighted by Gasteiger charge is -2.07. The summed E-state index contributed by atoms with van der Waals surface area (Å²) in [7, 11) is -3.37. The van der Waals surface area contributed by atoms with Crippen molar-refractivity contribution in [1.29, 1.82) is 0 Å². The van der Waals surface area contributed by atoms with Gasteiger partial charge in [-0.15, -0.1) is 0 Å². The van der Waals surface area contributed by atoms with Crippen LogP contribution >= 0.6 is 0 Å². The van der Waals surface area contributed by atoms with Crippen molar-refractivity contribution in [2.24, 2.45) is 5.73 Å². The number of aryl methyl sites for hydroxylation is 2. The van der Waals surface area contributed by atoms with Gasteiger partial charge in [-0.3, -0.25) is 4.72 Å². The number of unbranched alkanes of at least 4 members (excludes halogenated alkanes) is 1. The molecule has 96 valence electrons. The van der Waals surface area contributed by atoms with Gasteiger partial charge in [-0.1, -0.05) is 0 Å². The van der Waals surface area contributed by atoms with E-state index in [2.05, 4.69) is 14.7 Å². The predicted octanol–water partition coefficient (Wildman–Crippen LogP) is 0.574. The number of rotatable bonds is 6. The van der Waals surface area contributed by atoms with E-state index in [1.165, 1.54) is 0 Å². The molecule has 0 amide bonds. The molecule has 1 aromatic heterocycles. The molecule has 1 aromatic rings. The molecule has 0 bridgehead atoms. The van der Waals surface area contributed by atoms with Crippen LogP contribution in [0.1, 0.15) is 24.2 Å². The summed E-state index contributed by atoms with van der Waals surface area (Å²) in [5.41, 5.74) is 6.78. The first-order valence-corrected chi connectivity index (χ1v) is 7.11. The first-order chi connectivity index (χ1) is 7.93. The van der Waals surface area contributed by atoms with Gasteiger partial charge in [0.2, 0.25) is 16.0 Å². The summed E-state index contributed by atoms with van der Waals surface area (Å²) in [5, 5.41) is 0. The fourth-order valence-electron chi connectivity index (χ4n) is 1.40. The molecule has 17 heavy (non-hydrogen) atoms. The number of hydrogen-bond acceptors (Lipinski definition) is 5. The maximum atomic E-state index is 11.7. The lowest BCUT2D eigenvalue weighted by Crippen LogP contribution is -2.19. The molecule has 1 rings (SSSR count). The standard InChI is InChI=1S/C10H18N4O2S/c1-8-7-9(2)13-10(12-8)14-17(15,16)6-4-3-5-11/h7H,3-6,11H2,1-2H3,(H,12,13,14). The van der Waals surface area contributed by atoms with Gasteiger partial charge in [0.25, 0.3) is 0 Å². The number of hydrogen-bond donors (Lipinski definition) is 2. The van der Waals surface area contributed by atoms with Crippen LogP contribution in [0.15, 0.2) is 6.07 Å². The maximum Gasteiger partial charge on any atom is 0.236 e. The molecule has 0 saturated heterocycles. The average molecular weight is 258 g/mol. The topological polar surface area (TPSA) is 98.0 Å². The van der Waals surface area contributed by atoms with Crippen LogP contribution in [-0.4, -0.2) is 30.7 Å². The first kappa shape index (κ1) is 13.9. The fraction of sp³-hybridized carbons (Fsp3) is 0.600. The zero-order valence-corrected chi connectivity index (χ0v) is 10.9. The largest absolute Gasteiger partial charge is 0.330 e. The highest BCUT2D eigenvalue weighted by molar-refractivity contribution is 7.92. The van der Waals surface area contributed by atoms with Gasteiger partial charge in [-0.05, 0) is 39.3 Å². The van der Waals surface area contributed by atoms with Gasteiger partial charge >= 0.3 is 0 Å². The normalized spacial score (nSPS) is 11.5. The van der Waals surface area contributed by atoms with Crippen LogP contribution in [0.2, 0.25) is 0 Å². The first-order valence-electron chi connectivity index (χ1n) is 5.46. The van der Waals surface area contributed by atoms with Crippen LogP contribution in [0, 0.1) is 13.8 Å². The van der Waals surface area contributed by atoms with Gasteiger partial charge in [0.15, 0.2) is 0 Å². The quantitative estimate of drug-likeness (QED) is 0.727. The smallest absolute Gasteiger partial charge is 0.236 e. The van der Waals surface area contributed by atoms with Crippen LogP contribution in [-0.2, 0) is 10.0 Å². The molecule has 0 unspecified atom stereocenters. The molecule has 7 heteroatoms. The Morgan fingerprint density at radius 2 is 1.82 bits per heavy atom. The molecule has 0 spiro atoms. The van der Waals surface area contributed by atoms with Crippen molar-refractivity contribution >= 4 is 16.0 Å². The molecule has 0 aliphatic carbocycles. The minimum absolute atomic E-state index is 0.0422. The highest BCUT2D eigenvalue weighted by atomic mass is 32.2. The maximum absolute atomic E-state index is 11.7. The molecule has 0 aromatic carbocycles. The summed E-state index contributed by atoms with van der Waals surface area (Å²) in [4.78, 5) is 8.04. The Bertz CT molecular complexity index is 453. The van der Waals surface area contributed by atoms with Crippen LogP contribution in [0.4, 0.5) is 5.95 Å². The number of anilines is 1. The van der Waals surface area contributed by atoms with Gasteiger partial charge in [-0.2, -0.15) is 0 Å². The molecule has 0 saturated carbocycles. The summed E-state index contributed by atoms with van der Waals surface area (Å²) in [6.45, 7) is 4.08. The molecule has 0 fully saturated rings. The number of nitrogens with two attached hydrogens (primary N) is 1. The van der Waals surface area contributed by atoms with Crippen molar-refractivity contribution in [3.05, 3.63) is 17.5 Å². The molecule has 0 aliphatic rings. The molecule has 0 atom stereocenters. The summed E-state index contributed by atoms with van der Waals surface area (Å²) in [5.74, 6) is 0.177. The average Bonchev–Trinajstić information content (AvgIpc) is 2.14. The van der Waals surface area contributed by atoms with Gasteiger partial charge in [0.05, 0.1) is 5.75 Å². The van der Waals surface area contributed by atoms with Gasteiger partial charge in [0.1, 0.15) is 0 Å². The van der Waals surface area contributed by atoms with Crippen molar-refractivity contribution in [2.45, 2.75) is 26.7 Å². The fourth-order valence-corrected chi connectivity index (χ4v) is 2.45. The van der Waals surface area contributed by atoms with Crippen molar-refractivity contribution < 1.29 is 8.42 Å². The van der Waals surface area contributed by atoms with E-state index in [4.69, 9.17) is 5.73 Å². The molecule has 1 heterocycles. The van der Waals surface area contributed by atoms with Crippen molar-refractivity contribution in [2.75, 3.05) is 17.0 Å². The molecular weight excluding hydrogens is 240 g/mol. The van der Waals surface area contributed by atoms with Crippen molar-refractivity contribution in [3.63, 3.8) is 0 Å². The van der Waals surface area contributed by atoms with E-state index in [9.17, 15) is 8.42 Å². The summed E-state index contributed by atoms with van der Waals surface area (Å²) in [6, 6.07) is 1.78. The van der Waals surface area contributed by atoms with E-state index in [-0.39, 0.29) is 11.7 Å². The van der Waals surface area contributed by atoms with E-state index in [1.807, 2.05) is 0 Å². The Labute approximate surface area is 102 Å². The summed E-state index contributed by atoms with van der Waals surface area (Å²) in [6.07, 6.45) is 1.23. The Hall–Kier alpha value is -1.21. The second kappa shape index (κ2) is 5.92. The van der Waals surface area contributed by atoms with E-state index in [1.54, 1.807) is 19.9 Å². The monoisotopic (exact) mass is 258 g/mol. The SMILES string of the molecule is Cc1cc(C)nc(NS(=O)(=O)CCCCN)n1. The zero-order valence-electron chi connectivity index (χ0n) is 10.1. The van der Waals surface area contributed by atoms with Gasteiger partial charge < -0.3 is 5.73 Å². The summed E-state index contributed by atoms with van der Waals surface area (Å²) < 4.78 is 25.7. The third kappa shape index (κ3) is 5.10. The number of nitrogens with one attached hydrogen (secondary N) is 1. The van der Waals surface area contributed by atoms with Crippen LogP contribution in [0.5, 0.6) is 0 Å². The second-order valence-corrected chi connectivity index (χ2v) is 5.73. The number of aromatic nitrogens is 2. The van der Waals surface area contributed by atoms with E-state index >= 15 is 0 Å². The predicted molar refractivity (Wildman–Crippen MR) is 67.2 cm³/mol. The van der Waals surface area contributed by atoms with Crippen LogP contribution in [0.25, 0.3) is 0 Å². The second-order valence-electron chi connectivity index (χ2n) is 3.89. The minimum atomic E-state index is -3.37. The van der Waals surface area contributed by atoms with Crippen molar-refractivity contribution in [3.8, 4) is 0 Å². The molecule has 0 aliphatic heterocycles. The molecule has 0 radical (unpaired) electrons. The van der Waals surface area contributed by atoms with Gasteiger partial charge in [-0.25, -0.2) is 18.4 Å². The van der Waals surface area contributed by atoms with Crippen molar-refractivity contribution in [1.82, 2.24) is 9.97 Å². The third-order valence-electron chi connectivity index (χ3n) is 2.10. The lowest BCUT2D eigenvalue weighted by atomic mass is 10.3.